The van der Waals surface area contributed by atoms with Crippen LogP contribution in [0.2, 0.25) is 5.02 Å². The summed E-state index contributed by atoms with van der Waals surface area (Å²) in [6.07, 6.45) is 7.47. The van der Waals surface area contributed by atoms with Crippen LogP contribution in [0, 0.1) is 0 Å². The molecule has 1 aliphatic carbocycles. The highest BCUT2D eigenvalue weighted by Gasteiger charge is 2.28. The fraction of sp³-hybridized carbons (Fsp3) is 0.455. The van der Waals surface area contributed by atoms with E-state index in [1.807, 2.05) is 71.9 Å². The minimum atomic E-state index is 0.202. The Balaban J connectivity index is 1.48. The number of hydrogen-bond donors (Lipinski definition) is 0. The van der Waals surface area contributed by atoms with Crippen LogP contribution in [-0.2, 0) is 11.2 Å². The molecular weight excluding hydrogens is 408 g/mol. The molecule has 1 aromatic heterocycles. The monoisotopic (exact) mass is 434 g/mol. The van der Waals surface area contributed by atoms with E-state index in [1.54, 1.807) is 6.20 Å². The van der Waals surface area contributed by atoms with Crippen LogP contribution < -0.4 is 0 Å². The standard InChI is InChI=1S/C22H27ClN2OS2/c1-25(15-13-17-8-6-7-14-24-17)22(26)16-27-20-11-4-5-12-21(20)28-19-10-3-2-9-18(19)23/h2-3,6-10,14,20-21H,4-5,11-13,15-16H2,1H3/t20-,21-/m1/s1. The molecule has 0 bridgehead atoms. The van der Waals surface area contributed by atoms with Gasteiger partial charge in [-0.3, -0.25) is 9.78 Å². The fourth-order valence-corrected chi connectivity index (χ4v) is 6.50. The first-order valence-electron chi connectivity index (χ1n) is 9.80. The van der Waals surface area contributed by atoms with Gasteiger partial charge < -0.3 is 4.90 Å². The predicted molar refractivity (Wildman–Crippen MR) is 121 cm³/mol. The summed E-state index contributed by atoms with van der Waals surface area (Å²) in [5.74, 6) is 0.746. The van der Waals surface area contributed by atoms with Gasteiger partial charge in [0.2, 0.25) is 5.91 Å². The lowest BCUT2D eigenvalue weighted by Gasteiger charge is -2.31. The number of carbonyl (C=O) groups is 1. The molecule has 3 nitrogen and oxygen atoms in total. The van der Waals surface area contributed by atoms with Crippen molar-refractivity contribution in [3.05, 3.63) is 59.4 Å². The molecule has 1 aromatic carbocycles. The molecule has 0 aliphatic heterocycles. The molecule has 0 radical (unpaired) electrons. The zero-order chi connectivity index (χ0) is 19.8. The summed E-state index contributed by atoms with van der Waals surface area (Å²) in [4.78, 5) is 19.9. The maximum absolute atomic E-state index is 12.6. The Morgan fingerprint density at radius 3 is 2.64 bits per heavy atom. The van der Waals surface area contributed by atoms with Crippen molar-refractivity contribution in [2.24, 2.45) is 0 Å². The van der Waals surface area contributed by atoms with Gasteiger partial charge in [0.15, 0.2) is 0 Å². The van der Waals surface area contributed by atoms with E-state index >= 15 is 0 Å². The van der Waals surface area contributed by atoms with Gasteiger partial charge >= 0.3 is 0 Å². The number of hydrogen-bond acceptors (Lipinski definition) is 4. The van der Waals surface area contributed by atoms with Crippen molar-refractivity contribution < 1.29 is 4.79 Å². The molecule has 1 heterocycles. The molecule has 1 amide bonds. The van der Waals surface area contributed by atoms with Crippen LogP contribution in [0.4, 0.5) is 0 Å². The first-order chi connectivity index (χ1) is 13.6. The van der Waals surface area contributed by atoms with Gasteiger partial charge in [0, 0.05) is 47.3 Å². The number of carbonyl (C=O) groups excluding carboxylic acids is 1. The van der Waals surface area contributed by atoms with Crippen LogP contribution in [-0.4, -0.2) is 45.6 Å². The Hall–Kier alpha value is -1.17. The quantitative estimate of drug-likeness (QED) is 0.543. The SMILES string of the molecule is CN(CCc1ccccn1)C(=O)CS[C@@H]1CCCC[C@H]1Sc1ccccc1Cl. The van der Waals surface area contributed by atoms with Gasteiger partial charge in [0.1, 0.15) is 0 Å². The average Bonchev–Trinajstić information content (AvgIpc) is 2.73. The third-order valence-electron chi connectivity index (χ3n) is 5.03. The number of likely N-dealkylation sites (N-methyl/N-ethyl adjacent to an activating group) is 1. The molecule has 0 saturated heterocycles. The number of aromatic nitrogens is 1. The Morgan fingerprint density at radius 2 is 1.89 bits per heavy atom. The minimum Gasteiger partial charge on any atom is -0.345 e. The van der Waals surface area contributed by atoms with Gasteiger partial charge in [-0.15, -0.1) is 23.5 Å². The van der Waals surface area contributed by atoms with Crippen LogP contribution in [0.5, 0.6) is 0 Å². The number of nitrogens with zero attached hydrogens (tertiary/aromatic N) is 2. The zero-order valence-electron chi connectivity index (χ0n) is 16.2. The largest absolute Gasteiger partial charge is 0.345 e. The van der Waals surface area contributed by atoms with E-state index in [0.717, 1.165) is 22.0 Å². The summed E-state index contributed by atoms with van der Waals surface area (Å²) in [6, 6.07) is 14.0. The third-order valence-corrected chi connectivity index (χ3v) is 8.53. The molecule has 0 N–H and O–H groups in total. The number of amides is 1. The van der Waals surface area contributed by atoms with Crippen LogP contribution in [0.25, 0.3) is 0 Å². The minimum absolute atomic E-state index is 0.202. The van der Waals surface area contributed by atoms with Gasteiger partial charge in [0.05, 0.1) is 10.8 Å². The molecular formula is C22H27ClN2OS2. The van der Waals surface area contributed by atoms with Crippen molar-refractivity contribution >= 4 is 41.0 Å². The van der Waals surface area contributed by atoms with Crippen LogP contribution >= 0.6 is 35.1 Å². The molecule has 2 aromatic rings. The first-order valence-corrected chi connectivity index (χ1v) is 12.1. The maximum Gasteiger partial charge on any atom is 0.232 e. The Labute approximate surface area is 181 Å². The second kappa shape index (κ2) is 11.1. The molecule has 1 aliphatic rings. The molecule has 1 fully saturated rings. The van der Waals surface area contributed by atoms with Crippen LogP contribution in [0.3, 0.4) is 0 Å². The lowest BCUT2D eigenvalue weighted by molar-refractivity contribution is -0.127. The van der Waals surface area contributed by atoms with Gasteiger partial charge in [-0.25, -0.2) is 0 Å². The normalized spacial score (nSPS) is 19.4. The second-order valence-corrected chi connectivity index (χ2v) is 10.0. The number of rotatable bonds is 8. The number of pyridine rings is 1. The fourth-order valence-electron chi connectivity index (χ4n) is 3.33. The van der Waals surface area contributed by atoms with Crippen molar-refractivity contribution in [1.82, 2.24) is 9.88 Å². The van der Waals surface area contributed by atoms with Crippen molar-refractivity contribution in [1.29, 1.82) is 0 Å². The van der Waals surface area contributed by atoms with Crippen molar-refractivity contribution in [2.75, 3.05) is 19.3 Å². The molecule has 0 unspecified atom stereocenters. The summed E-state index contributed by atoms with van der Waals surface area (Å²) >= 11 is 10.1. The molecule has 1 saturated carbocycles. The summed E-state index contributed by atoms with van der Waals surface area (Å²) in [6.45, 7) is 0.707. The van der Waals surface area contributed by atoms with E-state index < -0.39 is 0 Å². The van der Waals surface area contributed by atoms with Crippen molar-refractivity contribution in [3.63, 3.8) is 0 Å². The summed E-state index contributed by atoms with van der Waals surface area (Å²) in [7, 11) is 1.89. The maximum atomic E-state index is 12.6. The predicted octanol–water partition coefficient (Wildman–Crippen LogP) is 5.57. The van der Waals surface area contributed by atoms with E-state index in [2.05, 4.69) is 11.1 Å². The lowest BCUT2D eigenvalue weighted by atomic mass is 10.00. The van der Waals surface area contributed by atoms with E-state index in [9.17, 15) is 4.79 Å². The van der Waals surface area contributed by atoms with E-state index in [-0.39, 0.29) is 5.91 Å². The van der Waals surface area contributed by atoms with E-state index in [4.69, 9.17) is 11.6 Å². The highest BCUT2D eigenvalue weighted by molar-refractivity contribution is 8.04. The van der Waals surface area contributed by atoms with E-state index in [1.165, 1.54) is 25.7 Å². The third kappa shape index (κ3) is 6.43. The molecule has 150 valence electrons. The molecule has 0 spiro atoms. The Morgan fingerprint density at radius 1 is 1.14 bits per heavy atom. The molecule has 3 rings (SSSR count). The highest BCUT2D eigenvalue weighted by atomic mass is 35.5. The summed E-state index contributed by atoms with van der Waals surface area (Å²) < 4.78 is 0. The summed E-state index contributed by atoms with van der Waals surface area (Å²) in [5.41, 5.74) is 1.03. The average molecular weight is 435 g/mol. The zero-order valence-corrected chi connectivity index (χ0v) is 18.6. The number of halogens is 1. The van der Waals surface area contributed by atoms with E-state index in [0.29, 0.717) is 22.8 Å². The molecule has 2 atom stereocenters. The molecule has 28 heavy (non-hydrogen) atoms. The van der Waals surface area contributed by atoms with Crippen LogP contribution in [0.15, 0.2) is 53.6 Å². The van der Waals surface area contributed by atoms with Crippen molar-refractivity contribution in [2.45, 2.75) is 47.5 Å². The lowest BCUT2D eigenvalue weighted by Crippen LogP contribution is -2.32. The number of thioether (sulfide) groups is 2. The first kappa shape index (κ1) is 21.5. The Bertz CT molecular complexity index is 759. The van der Waals surface area contributed by atoms with Gasteiger partial charge in [0.25, 0.3) is 0 Å². The highest BCUT2D eigenvalue weighted by Crippen LogP contribution is 2.41. The van der Waals surface area contributed by atoms with Gasteiger partial charge in [-0.1, -0.05) is 42.6 Å². The number of benzene rings is 1. The van der Waals surface area contributed by atoms with Gasteiger partial charge in [-0.2, -0.15) is 0 Å². The van der Waals surface area contributed by atoms with Crippen molar-refractivity contribution in [3.8, 4) is 0 Å². The van der Waals surface area contributed by atoms with Gasteiger partial charge in [-0.05, 0) is 37.1 Å². The summed E-state index contributed by atoms with van der Waals surface area (Å²) in [5, 5.41) is 1.85. The van der Waals surface area contributed by atoms with Crippen LogP contribution in [0.1, 0.15) is 31.4 Å². The molecule has 6 heteroatoms. The second-order valence-electron chi connectivity index (χ2n) is 7.11. The Kier molecular flexibility index (Phi) is 8.56. The smallest absolute Gasteiger partial charge is 0.232 e. The topological polar surface area (TPSA) is 33.2 Å².